The molecular weight excluding hydrogens is 317 g/mol. The quantitative estimate of drug-likeness (QED) is 0.664. The van der Waals surface area contributed by atoms with Crippen LogP contribution in [0.4, 0.5) is 4.39 Å². The third-order valence-electron chi connectivity index (χ3n) is 4.46. The average Bonchev–Trinajstić information content (AvgIpc) is 2.65. The van der Waals surface area contributed by atoms with Gasteiger partial charge in [-0.2, -0.15) is 0 Å². The summed E-state index contributed by atoms with van der Waals surface area (Å²) in [5, 5.41) is 12.6. The number of fused-ring (bicyclic) bond motifs is 1. The van der Waals surface area contributed by atoms with Gasteiger partial charge in [0.15, 0.2) is 5.96 Å². The van der Waals surface area contributed by atoms with E-state index in [1.54, 1.807) is 12.1 Å². The number of aliphatic hydroxyl groups is 1. The fourth-order valence-electron chi connectivity index (χ4n) is 3.12. The highest BCUT2D eigenvalue weighted by Gasteiger charge is 2.18. The van der Waals surface area contributed by atoms with E-state index >= 15 is 0 Å². The lowest BCUT2D eigenvalue weighted by Gasteiger charge is -2.31. The van der Waals surface area contributed by atoms with E-state index in [-0.39, 0.29) is 12.4 Å². The van der Waals surface area contributed by atoms with Crippen LogP contribution in [-0.4, -0.2) is 29.1 Å². The number of rotatable bonds is 4. The predicted octanol–water partition coefficient (Wildman–Crippen LogP) is 2.84. The van der Waals surface area contributed by atoms with Crippen molar-refractivity contribution in [3.63, 3.8) is 0 Å². The molecule has 2 aromatic rings. The molecule has 0 bridgehead atoms. The molecule has 25 heavy (non-hydrogen) atoms. The Kier molecular flexibility index (Phi) is 5.66. The molecular formula is C20H24FN3O. The van der Waals surface area contributed by atoms with E-state index in [2.05, 4.69) is 41.4 Å². The zero-order chi connectivity index (χ0) is 17.6. The van der Waals surface area contributed by atoms with Gasteiger partial charge in [0.05, 0.1) is 13.2 Å². The zero-order valence-corrected chi connectivity index (χ0v) is 14.5. The van der Waals surface area contributed by atoms with Gasteiger partial charge in [-0.15, -0.1) is 0 Å². The molecule has 1 aliphatic rings. The van der Waals surface area contributed by atoms with Crippen molar-refractivity contribution in [3.8, 4) is 0 Å². The lowest BCUT2D eigenvalue weighted by atomic mass is 10.0. The summed E-state index contributed by atoms with van der Waals surface area (Å²) in [5.74, 6) is 0.488. The van der Waals surface area contributed by atoms with Crippen LogP contribution in [0.15, 0.2) is 47.5 Å². The second-order valence-corrected chi connectivity index (χ2v) is 6.19. The largest absolute Gasteiger partial charge is 0.392 e. The monoisotopic (exact) mass is 341 g/mol. The molecule has 132 valence electrons. The maximum Gasteiger partial charge on any atom is 0.194 e. The Morgan fingerprint density at radius 3 is 2.80 bits per heavy atom. The molecule has 1 aliphatic heterocycles. The van der Waals surface area contributed by atoms with Crippen LogP contribution in [0.3, 0.4) is 0 Å². The molecule has 0 spiro atoms. The number of nitrogens with one attached hydrogen (secondary N) is 1. The molecule has 0 saturated carbocycles. The lowest BCUT2D eigenvalue weighted by molar-refractivity contribution is 0.275. The molecule has 0 atom stereocenters. The molecule has 0 radical (unpaired) electrons. The van der Waals surface area contributed by atoms with Gasteiger partial charge in [-0.05, 0) is 42.2 Å². The number of aliphatic hydroxyl groups excluding tert-OH is 1. The summed E-state index contributed by atoms with van der Waals surface area (Å²) in [6, 6.07) is 13.3. The van der Waals surface area contributed by atoms with Crippen LogP contribution in [0.2, 0.25) is 0 Å². The molecule has 0 saturated heterocycles. The maximum atomic E-state index is 13.5. The normalized spacial score (nSPS) is 14.4. The van der Waals surface area contributed by atoms with Gasteiger partial charge in [-0.25, -0.2) is 9.38 Å². The second-order valence-electron chi connectivity index (χ2n) is 6.19. The van der Waals surface area contributed by atoms with Crippen molar-refractivity contribution >= 4 is 5.96 Å². The Bertz CT molecular complexity index is 760. The van der Waals surface area contributed by atoms with Crippen molar-refractivity contribution in [1.29, 1.82) is 0 Å². The highest BCUT2D eigenvalue weighted by molar-refractivity contribution is 5.80. The van der Waals surface area contributed by atoms with Crippen LogP contribution in [0.25, 0.3) is 0 Å². The first kappa shape index (κ1) is 17.4. The summed E-state index contributed by atoms with van der Waals surface area (Å²) in [4.78, 5) is 6.97. The minimum Gasteiger partial charge on any atom is -0.392 e. The van der Waals surface area contributed by atoms with Gasteiger partial charge in [0.25, 0.3) is 0 Å². The predicted molar refractivity (Wildman–Crippen MR) is 97.7 cm³/mol. The summed E-state index contributed by atoms with van der Waals surface area (Å²) >= 11 is 0. The number of hydrogen-bond acceptors (Lipinski definition) is 2. The van der Waals surface area contributed by atoms with Crippen LogP contribution in [0, 0.1) is 5.82 Å². The van der Waals surface area contributed by atoms with Gasteiger partial charge < -0.3 is 15.3 Å². The summed E-state index contributed by atoms with van der Waals surface area (Å²) in [7, 11) is 0. The Balaban J connectivity index is 1.76. The van der Waals surface area contributed by atoms with E-state index in [0.29, 0.717) is 12.1 Å². The van der Waals surface area contributed by atoms with Crippen LogP contribution >= 0.6 is 0 Å². The number of hydrogen-bond donors (Lipinski definition) is 2. The number of halogens is 1. The Labute approximate surface area is 148 Å². The van der Waals surface area contributed by atoms with Gasteiger partial charge in [-0.3, -0.25) is 0 Å². The topological polar surface area (TPSA) is 47.9 Å². The fraction of sp³-hybridized carbons (Fsp3) is 0.350. The first-order chi connectivity index (χ1) is 12.2. The van der Waals surface area contributed by atoms with Crippen molar-refractivity contribution in [3.05, 3.63) is 70.5 Å². The molecule has 0 fully saturated rings. The van der Waals surface area contributed by atoms with Gasteiger partial charge in [0, 0.05) is 25.2 Å². The Morgan fingerprint density at radius 2 is 2.04 bits per heavy atom. The maximum absolute atomic E-state index is 13.5. The standard InChI is InChI=1S/C20H24FN3O/c1-2-22-20(23-12-15-7-8-19(21)18(11-15)14-25)24-10-9-16-5-3-4-6-17(16)13-24/h3-8,11,25H,2,9-10,12-14H2,1H3,(H,22,23). The molecule has 0 amide bonds. The van der Waals surface area contributed by atoms with Crippen molar-refractivity contribution in [1.82, 2.24) is 10.2 Å². The van der Waals surface area contributed by atoms with Crippen molar-refractivity contribution in [2.75, 3.05) is 13.1 Å². The average molecular weight is 341 g/mol. The number of guanidine groups is 1. The van der Waals surface area contributed by atoms with Crippen molar-refractivity contribution in [2.24, 2.45) is 4.99 Å². The van der Waals surface area contributed by atoms with Crippen LogP contribution in [0.1, 0.15) is 29.2 Å². The molecule has 1 heterocycles. The third kappa shape index (κ3) is 4.17. The van der Waals surface area contributed by atoms with Gasteiger partial charge >= 0.3 is 0 Å². The molecule has 4 nitrogen and oxygen atoms in total. The SMILES string of the molecule is CCNC(=NCc1ccc(F)c(CO)c1)N1CCc2ccccc2C1. The van der Waals surface area contributed by atoms with E-state index in [4.69, 9.17) is 4.99 Å². The Morgan fingerprint density at radius 1 is 1.24 bits per heavy atom. The van der Waals surface area contributed by atoms with Gasteiger partial charge in [-0.1, -0.05) is 30.3 Å². The molecule has 0 aliphatic carbocycles. The smallest absolute Gasteiger partial charge is 0.194 e. The molecule has 5 heteroatoms. The molecule has 2 aromatic carbocycles. The van der Waals surface area contributed by atoms with Gasteiger partial charge in [0.2, 0.25) is 0 Å². The highest BCUT2D eigenvalue weighted by atomic mass is 19.1. The first-order valence-corrected chi connectivity index (χ1v) is 8.69. The van der Waals surface area contributed by atoms with Crippen LogP contribution in [0.5, 0.6) is 0 Å². The zero-order valence-electron chi connectivity index (χ0n) is 14.5. The van der Waals surface area contributed by atoms with Crippen molar-refractivity contribution < 1.29 is 9.50 Å². The minimum atomic E-state index is -0.380. The van der Waals surface area contributed by atoms with Crippen LogP contribution in [-0.2, 0) is 26.1 Å². The van der Waals surface area contributed by atoms with Gasteiger partial charge in [0.1, 0.15) is 5.82 Å². The summed E-state index contributed by atoms with van der Waals surface area (Å²) in [6.07, 6.45) is 1.01. The third-order valence-corrected chi connectivity index (χ3v) is 4.46. The van der Waals surface area contributed by atoms with Crippen LogP contribution < -0.4 is 5.32 Å². The molecule has 3 rings (SSSR count). The molecule has 2 N–H and O–H groups in total. The fourth-order valence-corrected chi connectivity index (χ4v) is 3.12. The summed E-state index contributed by atoms with van der Waals surface area (Å²) in [5.41, 5.74) is 3.94. The Hall–Kier alpha value is -2.40. The molecule has 0 unspecified atom stereocenters. The second kappa shape index (κ2) is 8.12. The lowest BCUT2D eigenvalue weighted by Crippen LogP contribution is -2.44. The number of aliphatic imine (C=N–C) groups is 1. The van der Waals surface area contributed by atoms with E-state index in [1.807, 2.05) is 0 Å². The highest BCUT2D eigenvalue weighted by Crippen LogP contribution is 2.19. The van der Waals surface area contributed by atoms with E-state index in [9.17, 15) is 9.50 Å². The first-order valence-electron chi connectivity index (χ1n) is 8.69. The number of benzene rings is 2. The van der Waals surface area contributed by atoms with Crippen molar-refractivity contribution in [2.45, 2.75) is 33.0 Å². The summed E-state index contributed by atoms with van der Waals surface area (Å²) in [6.45, 7) is 4.76. The van der Waals surface area contributed by atoms with E-state index in [0.717, 1.165) is 37.6 Å². The summed E-state index contributed by atoms with van der Waals surface area (Å²) < 4.78 is 13.5. The van der Waals surface area contributed by atoms with E-state index in [1.165, 1.54) is 17.2 Å². The number of nitrogens with zero attached hydrogens (tertiary/aromatic N) is 2. The minimum absolute atomic E-state index is 0.299. The molecule has 0 aromatic heterocycles. The van der Waals surface area contributed by atoms with E-state index < -0.39 is 0 Å².